The number of piperazine rings is 1. The van der Waals surface area contributed by atoms with E-state index in [2.05, 4.69) is 36.1 Å². The van der Waals surface area contributed by atoms with Crippen LogP contribution in [0.3, 0.4) is 0 Å². The molecule has 2 aliphatic heterocycles. The number of anilines is 1. The highest BCUT2D eigenvalue weighted by atomic mass is 16.5. The Bertz CT molecular complexity index is 877. The van der Waals surface area contributed by atoms with Crippen LogP contribution >= 0.6 is 0 Å². The molecule has 2 aromatic carbocycles. The average molecular weight is 422 g/mol. The van der Waals surface area contributed by atoms with E-state index in [4.69, 9.17) is 4.74 Å². The summed E-state index contributed by atoms with van der Waals surface area (Å²) in [6.07, 6.45) is 1.24. The first-order valence-electron chi connectivity index (χ1n) is 11.2. The van der Waals surface area contributed by atoms with Crippen molar-refractivity contribution in [2.45, 2.75) is 26.3 Å². The molecular formula is C25H31N3O3. The van der Waals surface area contributed by atoms with Crippen LogP contribution in [0, 0.1) is 5.92 Å². The van der Waals surface area contributed by atoms with E-state index in [-0.39, 0.29) is 24.2 Å². The highest BCUT2D eigenvalue weighted by Gasteiger charge is 2.37. The number of hydrogen-bond acceptors (Lipinski definition) is 4. The molecule has 4 rings (SSSR count). The second-order valence-corrected chi connectivity index (χ2v) is 8.33. The smallest absolute Gasteiger partial charge is 0.228 e. The summed E-state index contributed by atoms with van der Waals surface area (Å²) in [5.74, 6) is 0.670. The number of rotatable bonds is 7. The molecule has 2 fully saturated rings. The van der Waals surface area contributed by atoms with Gasteiger partial charge in [-0.05, 0) is 36.2 Å². The van der Waals surface area contributed by atoms with Crippen LogP contribution < -0.4 is 9.64 Å². The van der Waals surface area contributed by atoms with E-state index < -0.39 is 0 Å². The normalized spacial score (nSPS) is 19.6. The zero-order chi connectivity index (χ0) is 21.6. The molecule has 0 saturated carbocycles. The van der Waals surface area contributed by atoms with Crippen LogP contribution in [0.4, 0.5) is 5.69 Å². The SMILES string of the molecule is CCCOc1ccc(N2C[C@@H](C(=O)N3CCN(Cc4ccccc4)CC3)CC2=O)cc1. The quantitative estimate of drug-likeness (QED) is 0.689. The fraction of sp³-hybridized carbons (Fsp3) is 0.440. The molecule has 0 unspecified atom stereocenters. The van der Waals surface area contributed by atoms with Gasteiger partial charge in [0.2, 0.25) is 11.8 Å². The highest BCUT2D eigenvalue weighted by molar-refractivity contribution is 6.00. The van der Waals surface area contributed by atoms with Crippen LogP contribution in [0.25, 0.3) is 0 Å². The van der Waals surface area contributed by atoms with E-state index in [0.29, 0.717) is 13.2 Å². The van der Waals surface area contributed by atoms with Gasteiger partial charge in [0.25, 0.3) is 0 Å². The van der Waals surface area contributed by atoms with Crippen molar-refractivity contribution in [3.05, 3.63) is 60.2 Å². The Labute approximate surface area is 184 Å². The van der Waals surface area contributed by atoms with Crippen LogP contribution in [-0.4, -0.2) is 60.9 Å². The van der Waals surface area contributed by atoms with E-state index in [1.165, 1.54) is 5.56 Å². The lowest BCUT2D eigenvalue weighted by atomic mass is 10.1. The number of hydrogen-bond donors (Lipinski definition) is 0. The molecule has 2 saturated heterocycles. The molecule has 0 spiro atoms. The summed E-state index contributed by atoms with van der Waals surface area (Å²) < 4.78 is 5.62. The molecule has 164 valence electrons. The first kappa shape index (κ1) is 21.4. The van der Waals surface area contributed by atoms with E-state index >= 15 is 0 Å². The van der Waals surface area contributed by atoms with Gasteiger partial charge in [-0.2, -0.15) is 0 Å². The van der Waals surface area contributed by atoms with Gasteiger partial charge in [-0.25, -0.2) is 0 Å². The number of carbonyl (C=O) groups is 2. The number of ether oxygens (including phenoxy) is 1. The van der Waals surface area contributed by atoms with Crippen LogP contribution in [0.1, 0.15) is 25.3 Å². The Kier molecular flexibility index (Phi) is 6.87. The van der Waals surface area contributed by atoms with E-state index in [9.17, 15) is 9.59 Å². The second-order valence-electron chi connectivity index (χ2n) is 8.33. The van der Waals surface area contributed by atoms with Crippen LogP contribution in [-0.2, 0) is 16.1 Å². The second kappa shape index (κ2) is 9.96. The largest absolute Gasteiger partial charge is 0.494 e. The summed E-state index contributed by atoms with van der Waals surface area (Å²) >= 11 is 0. The maximum absolute atomic E-state index is 13.1. The third kappa shape index (κ3) is 5.25. The molecule has 0 radical (unpaired) electrons. The number of amides is 2. The molecule has 2 aromatic rings. The topological polar surface area (TPSA) is 53.1 Å². The Morgan fingerprint density at radius 1 is 1.00 bits per heavy atom. The molecule has 0 aliphatic carbocycles. The Balaban J connectivity index is 1.29. The Hall–Kier alpha value is -2.86. The molecule has 0 bridgehead atoms. The first-order chi connectivity index (χ1) is 15.1. The lowest BCUT2D eigenvalue weighted by Crippen LogP contribution is -2.50. The van der Waals surface area contributed by atoms with E-state index in [1.807, 2.05) is 35.2 Å². The summed E-state index contributed by atoms with van der Waals surface area (Å²) in [7, 11) is 0. The minimum Gasteiger partial charge on any atom is -0.494 e. The highest BCUT2D eigenvalue weighted by Crippen LogP contribution is 2.28. The van der Waals surface area contributed by atoms with Gasteiger partial charge in [-0.15, -0.1) is 0 Å². The maximum Gasteiger partial charge on any atom is 0.228 e. The number of nitrogens with zero attached hydrogens (tertiary/aromatic N) is 3. The predicted molar refractivity (Wildman–Crippen MR) is 121 cm³/mol. The van der Waals surface area contributed by atoms with Gasteiger partial charge in [0, 0.05) is 51.4 Å². The third-order valence-electron chi connectivity index (χ3n) is 6.03. The van der Waals surface area contributed by atoms with Crippen molar-refractivity contribution in [2.24, 2.45) is 5.92 Å². The number of benzene rings is 2. The minimum absolute atomic E-state index is 0.0169. The summed E-state index contributed by atoms with van der Waals surface area (Å²) in [5, 5.41) is 0. The van der Waals surface area contributed by atoms with E-state index in [1.54, 1.807) is 4.90 Å². The molecule has 0 N–H and O–H groups in total. The van der Waals surface area contributed by atoms with Gasteiger partial charge in [0.05, 0.1) is 12.5 Å². The van der Waals surface area contributed by atoms with Crippen molar-refractivity contribution < 1.29 is 14.3 Å². The number of carbonyl (C=O) groups excluding carboxylic acids is 2. The molecule has 2 heterocycles. The molecule has 0 aromatic heterocycles. The molecule has 1 atom stereocenters. The van der Waals surface area contributed by atoms with Gasteiger partial charge >= 0.3 is 0 Å². The average Bonchev–Trinajstić information content (AvgIpc) is 3.20. The lowest BCUT2D eigenvalue weighted by molar-refractivity contribution is -0.137. The summed E-state index contributed by atoms with van der Waals surface area (Å²) in [5.41, 5.74) is 2.13. The van der Waals surface area contributed by atoms with Crippen molar-refractivity contribution in [1.82, 2.24) is 9.80 Å². The molecule has 31 heavy (non-hydrogen) atoms. The van der Waals surface area contributed by atoms with Crippen molar-refractivity contribution >= 4 is 17.5 Å². The van der Waals surface area contributed by atoms with Gasteiger partial charge in [0.1, 0.15) is 5.75 Å². The first-order valence-corrected chi connectivity index (χ1v) is 11.2. The summed E-state index contributed by atoms with van der Waals surface area (Å²) in [4.78, 5) is 31.7. The predicted octanol–water partition coefficient (Wildman–Crippen LogP) is 3.17. The zero-order valence-electron chi connectivity index (χ0n) is 18.2. The van der Waals surface area contributed by atoms with Crippen LogP contribution in [0.5, 0.6) is 5.75 Å². The van der Waals surface area contributed by atoms with Crippen molar-refractivity contribution in [3.63, 3.8) is 0 Å². The molecule has 6 nitrogen and oxygen atoms in total. The zero-order valence-corrected chi connectivity index (χ0v) is 18.2. The Morgan fingerprint density at radius 2 is 1.71 bits per heavy atom. The summed E-state index contributed by atoms with van der Waals surface area (Å²) in [6, 6.07) is 18.0. The molecule has 6 heteroatoms. The minimum atomic E-state index is -0.260. The van der Waals surface area contributed by atoms with Crippen LogP contribution in [0.15, 0.2) is 54.6 Å². The van der Waals surface area contributed by atoms with Gasteiger partial charge in [-0.1, -0.05) is 37.3 Å². The molecular weight excluding hydrogens is 390 g/mol. The Morgan fingerprint density at radius 3 is 2.39 bits per heavy atom. The van der Waals surface area contributed by atoms with Gasteiger partial charge in [0.15, 0.2) is 0 Å². The van der Waals surface area contributed by atoms with Crippen molar-refractivity contribution in [1.29, 1.82) is 0 Å². The fourth-order valence-corrected chi connectivity index (χ4v) is 4.29. The standard InChI is InChI=1S/C25H31N3O3/c1-2-16-31-23-10-8-22(9-11-23)28-19-21(17-24(28)29)25(30)27-14-12-26(13-15-27)18-20-6-4-3-5-7-20/h3-11,21H,2,12-19H2,1H3/t21-/m0/s1. The van der Waals surface area contributed by atoms with Gasteiger partial charge in [-0.3, -0.25) is 14.5 Å². The lowest BCUT2D eigenvalue weighted by Gasteiger charge is -2.36. The summed E-state index contributed by atoms with van der Waals surface area (Å²) in [6.45, 7) is 7.29. The van der Waals surface area contributed by atoms with Crippen molar-refractivity contribution in [2.75, 3.05) is 44.2 Å². The fourth-order valence-electron chi connectivity index (χ4n) is 4.29. The van der Waals surface area contributed by atoms with Gasteiger partial charge < -0.3 is 14.5 Å². The van der Waals surface area contributed by atoms with E-state index in [0.717, 1.165) is 50.6 Å². The van der Waals surface area contributed by atoms with Crippen molar-refractivity contribution in [3.8, 4) is 5.75 Å². The molecule has 2 aliphatic rings. The monoisotopic (exact) mass is 421 g/mol. The maximum atomic E-state index is 13.1. The molecule has 2 amide bonds. The third-order valence-corrected chi connectivity index (χ3v) is 6.03. The van der Waals surface area contributed by atoms with Crippen LogP contribution in [0.2, 0.25) is 0 Å².